The Morgan fingerprint density at radius 3 is 2.59 bits per heavy atom. The molecule has 0 saturated heterocycles. The van der Waals surface area contributed by atoms with Crippen LogP contribution in [0.3, 0.4) is 0 Å². The van der Waals surface area contributed by atoms with Crippen LogP contribution in [0.15, 0.2) is 12.2 Å². The van der Waals surface area contributed by atoms with Gasteiger partial charge in [0.25, 0.3) is 0 Å². The maximum Gasteiger partial charge on any atom is 0.332 e. The van der Waals surface area contributed by atoms with Gasteiger partial charge >= 0.3 is 5.97 Å². The fraction of sp³-hybridized carbons (Fsp3) is 0.727. The second kappa shape index (κ2) is 11.5. The van der Waals surface area contributed by atoms with Crippen LogP contribution in [0.25, 0.3) is 0 Å². The van der Waals surface area contributed by atoms with Crippen molar-refractivity contribution in [2.24, 2.45) is 0 Å². The van der Waals surface area contributed by atoms with E-state index < -0.39 is 12.3 Å². The number of hydrogen-bond acceptors (Lipinski definition) is 6. The molecule has 0 spiro atoms. The summed E-state index contributed by atoms with van der Waals surface area (Å²) in [4.78, 5) is 11.1. The Kier molecular flexibility index (Phi) is 10.9. The number of allylic oxidation sites excluding steroid dienone is 1. The zero-order valence-corrected chi connectivity index (χ0v) is 10.3. The summed E-state index contributed by atoms with van der Waals surface area (Å²) in [6.45, 7) is 2.86. The lowest BCUT2D eigenvalue weighted by Gasteiger charge is -2.15. The van der Waals surface area contributed by atoms with Crippen molar-refractivity contribution >= 4 is 5.97 Å². The molecule has 0 rings (SSSR count). The van der Waals surface area contributed by atoms with E-state index in [0.717, 1.165) is 0 Å². The van der Waals surface area contributed by atoms with Gasteiger partial charge in [0.15, 0.2) is 0 Å². The molecule has 0 aromatic carbocycles. The van der Waals surface area contributed by atoms with Crippen LogP contribution in [-0.2, 0) is 23.7 Å². The molecule has 0 fully saturated rings. The molecule has 0 aromatic heterocycles. The maximum absolute atomic E-state index is 11.1. The second-order valence-corrected chi connectivity index (χ2v) is 3.01. The van der Waals surface area contributed by atoms with Gasteiger partial charge in [-0.1, -0.05) is 6.08 Å². The van der Waals surface area contributed by atoms with Gasteiger partial charge in [-0.05, 0) is 6.92 Å². The maximum atomic E-state index is 11.1. The van der Waals surface area contributed by atoms with Gasteiger partial charge in [-0.3, -0.25) is 0 Å². The van der Waals surface area contributed by atoms with Crippen molar-refractivity contribution < 1.29 is 28.8 Å². The summed E-state index contributed by atoms with van der Waals surface area (Å²) < 4.78 is 20.0. The quantitative estimate of drug-likeness (QED) is 0.256. The zero-order chi connectivity index (χ0) is 12.9. The molecule has 0 aliphatic rings. The summed E-state index contributed by atoms with van der Waals surface area (Å²) in [5.74, 6) is -0.473. The second-order valence-electron chi connectivity index (χ2n) is 3.01. The molecule has 0 heterocycles. The molecule has 6 heteroatoms. The molecule has 0 radical (unpaired) electrons. The van der Waals surface area contributed by atoms with Gasteiger partial charge in [0.05, 0.1) is 26.4 Å². The normalized spacial score (nSPS) is 12.9. The van der Waals surface area contributed by atoms with Gasteiger partial charge in [0.2, 0.25) is 6.29 Å². The van der Waals surface area contributed by atoms with E-state index in [1.165, 1.54) is 13.2 Å². The number of carbonyl (C=O) groups is 1. The van der Waals surface area contributed by atoms with E-state index in [2.05, 4.69) is 0 Å². The third kappa shape index (κ3) is 9.95. The Hall–Kier alpha value is -0.950. The number of aliphatic hydroxyl groups excluding tert-OH is 1. The van der Waals surface area contributed by atoms with Gasteiger partial charge < -0.3 is 24.1 Å². The third-order valence-corrected chi connectivity index (χ3v) is 1.67. The van der Waals surface area contributed by atoms with Crippen LogP contribution >= 0.6 is 0 Å². The van der Waals surface area contributed by atoms with Crippen LogP contribution in [0.1, 0.15) is 6.92 Å². The van der Waals surface area contributed by atoms with Crippen LogP contribution in [-0.4, -0.2) is 57.5 Å². The Labute approximate surface area is 101 Å². The van der Waals surface area contributed by atoms with Crippen molar-refractivity contribution in [2.45, 2.75) is 13.2 Å². The summed E-state index contributed by atoms with van der Waals surface area (Å²) >= 11 is 0. The lowest BCUT2D eigenvalue weighted by Crippen LogP contribution is -2.25. The average molecular weight is 248 g/mol. The van der Waals surface area contributed by atoms with E-state index in [0.29, 0.717) is 13.2 Å². The molecule has 100 valence electrons. The SMILES string of the molecule is C/C=C/C(=O)OC(COCCOCCO)OC. The Balaban J connectivity index is 3.57. The van der Waals surface area contributed by atoms with Gasteiger partial charge in [-0.15, -0.1) is 0 Å². The van der Waals surface area contributed by atoms with E-state index in [1.54, 1.807) is 13.0 Å². The highest BCUT2D eigenvalue weighted by Gasteiger charge is 2.11. The molecule has 0 aromatic rings. The van der Waals surface area contributed by atoms with E-state index in [9.17, 15) is 4.79 Å². The highest BCUT2D eigenvalue weighted by molar-refractivity contribution is 5.81. The molecule has 0 amide bonds. The summed E-state index contributed by atoms with van der Waals surface area (Å²) in [6, 6.07) is 0. The first-order valence-electron chi connectivity index (χ1n) is 5.37. The van der Waals surface area contributed by atoms with Crippen molar-refractivity contribution in [1.29, 1.82) is 0 Å². The van der Waals surface area contributed by atoms with Crippen molar-refractivity contribution in [2.75, 3.05) is 40.1 Å². The first kappa shape index (κ1) is 16.1. The first-order valence-corrected chi connectivity index (χ1v) is 5.37. The van der Waals surface area contributed by atoms with Crippen molar-refractivity contribution in [3.63, 3.8) is 0 Å². The molecule has 1 unspecified atom stereocenters. The molecular weight excluding hydrogens is 228 g/mol. The minimum Gasteiger partial charge on any atom is -0.430 e. The largest absolute Gasteiger partial charge is 0.430 e. The number of ether oxygens (including phenoxy) is 4. The monoisotopic (exact) mass is 248 g/mol. The smallest absolute Gasteiger partial charge is 0.332 e. The fourth-order valence-electron chi connectivity index (χ4n) is 0.919. The summed E-state index contributed by atoms with van der Waals surface area (Å²) in [7, 11) is 1.43. The van der Waals surface area contributed by atoms with Gasteiger partial charge in [0.1, 0.15) is 6.61 Å². The Bertz CT molecular complexity index is 216. The molecule has 17 heavy (non-hydrogen) atoms. The Morgan fingerprint density at radius 1 is 1.29 bits per heavy atom. The summed E-state index contributed by atoms with van der Waals surface area (Å²) in [6.07, 6.45) is 2.16. The minimum atomic E-state index is -0.725. The van der Waals surface area contributed by atoms with Crippen LogP contribution in [0.5, 0.6) is 0 Å². The zero-order valence-electron chi connectivity index (χ0n) is 10.3. The minimum absolute atomic E-state index is 0.0122. The number of esters is 1. The van der Waals surface area contributed by atoms with Gasteiger partial charge in [-0.25, -0.2) is 4.79 Å². The average Bonchev–Trinajstić information content (AvgIpc) is 2.32. The predicted molar refractivity (Wildman–Crippen MR) is 60.4 cm³/mol. The fourth-order valence-corrected chi connectivity index (χ4v) is 0.919. The Morgan fingerprint density at radius 2 is 2.00 bits per heavy atom. The third-order valence-electron chi connectivity index (χ3n) is 1.67. The van der Waals surface area contributed by atoms with Gasteiger partial charge in [-0.2, -0.15) is 0 Å². The molecular formula is C11H20O6. The molecule has 1 N–H and O–H groups in total. The van der Waals surface area contributed by atoms with Crippen LogP contribution in [0.4, 0.5) is 0 Å². The van der Waals surface area contributed by atoms with Crippen molar-refractivity contribution in [3.05, 3.63) is 12.2 Å². The highest BCUT2D eigenvalue weighted by Crippen LogP contribution is 1.96. The van der Waals surface area contributed by atoms with Crippen molar-refractivity contribution in [1.82, 2.24) is 0 Å². The molecule has 0 aliphatic heterocycles. The molecule has 0 saturated carbocycles. The van der Waals surface area contributed by atoms with Gasteiger partial charge in [0, 0.05) is 13.2 Å². The number of methoxy groups -OCH3 is 1. The number of carbonyl (C=O) groups excluding carboxylic acids is 1. The van der Waals surface area contributed by atoms with Crippen LogP contribution in [0.2, 0.25) is 0 Å². The molecule has 0 bridgehead atoms. The molecule has 1 atom stereocenters. The van der Waals surface area contributed by atoms with E-state index in [1.807, 2.05) is 0 Å². The standard InChI is InChI=1S/C11H20O6/c1-3-4-10(13)17-11(14-2)9-16-8-7-15-6-5-12/h3-4,11-12H,5-9H2,1-2H3/b4-3+. The molecule has 0 aliphatic carbocycles. The summed E-state index contributed by atoms with van der Waals surface area (Å²) in [5.41, 5.74) is 0. The van der Waals surface area contributed by atoms with Crippen molar-refractivity contribution in [3.8, 4) is 0 Å². The summed E-state index contributed by atoms with van der Waals surface area (Å²) in [5, 5.41) is 8.45. The highest BCUT2D eigenvalue weighted by atomic mass is 16.7. The van der Waals surface area contributed by atoms with E-state index in [-0.39, 0.29) is 19.8 Å². The van der Waals surface area contributed by atoms with Crippen LogP contribution in [0, 0.1) is 0 Å². The number of hydrogen-bond donors (Lipinski definition) is 1. The lowest BCUT2D eigenvalue weighted by atomic mass is 10.5. The number of rotatable bonds is 10. The van der Waals surface area contributed by atoms with Crippen LogP contribution < -0.4 is 0 Å². The van der Waals surface area contributed by atoms with E-state index in [4.69, 9.17) is 24.1 Å². The topological polar surface area (TPSA) is 74.2 Å². The first-order chi connectivity index (χ1) is 8.24. The predicted octanol–water partition coefficient (Wildman–Crippen LogP) is 0.104. The molecule has 6 nitrogen and oxygen atoms in total. The lowest BCUT2D eigenvalue weighted by molar-refractivity contribution is -0.179. The number of aliphatic hydroxyl groups is 1. The van der Waals surface area contributed by atoms with E-state index >= 15 is 0 Å².